The predicted molar refractivity (Wildman–Crippen MR) is 192 cm³/mol. The molecule has 4 aromatic carbocycles. The van der Waals surface area contributed by atoms with Crippen LogP contribution in [0, 0.1) is 16.0 Å². The van der Waals surface area contributed by atoms with Gasteiger partial charge >= 0.3 is 34.3 Å². The normalized spacial score (nSPS) is 15.9. The molecule has 0 saturated carbocycles. The number of aryl methyl sites for hydroxylation is 1. The van der Waals surface area contributed by atoms with Crippen LogP contribution in [0.3, 0.4) is 0 Å². The average Bonchev–Trinajstić information content (AvgIpc) is 3.57. The zero-order chi connectivity index (χ0) is 35.4. The van der Waals surface area contributed by atoms with Gasteiger partial charge in [-0.05, 0) is 33.6 Å². The Morgan fingerprint density at radius 3 is 1.82 bits per heavy atom. The van der Waals surface area contributed by atoms with Gasteiger partial charge in [-0.25, -0.2) is 9.78 Å². The van der Waals surface area contributed by atoms with Gasteiger partial charge in [-0.2, -0.15) is 0 Å². The van der Waals surface area contributed by atoms with Crippen LogP contribution in [-0.4, -0.2) is 48.0 Å². The maximum Gasteiger partial charge on any atom is 1.00 e. The second-order valence-electron chi connectivity index (χ2n) is 11.6. The molecule has 11 nitrogen and oxygen atoms in total. The number of nitrogens with zero attached hydrogens (tertiary/aromatic N) is 4. The van der Waals surface area contributed by atoms with E-state index in [0.717, 1.165) is 15.9 Å². The molecule has 6 rings (SSSR count). The topological polar surface area (TPSA) is 134 Å². The van der Waals surface area contributed by atoms with E-state index in [4.69, 9.17) is 22.1 Å². The van der Waals surface area contributed by atoms with Crippen molar-refractivity contribution in [3.05, 3.63) is 149 Å². The Balaban J connectivity index is 0.00000504. The van der Waals surface area contributed by atoms with Crippen molar-refractivity contribution in [1.82, 2.24) is 14.5 Å². The molecule has 1 amide bonds. The van der Waals surface area contributed by atoms with Crippen LogP contribution >= 0.6 is 6.89 Å². The number of benzene rings is 4. The Hall–Kier alpha value is -4.71. The fraction of sp³-hybridized carbons (Fsp3) is 0.162. The molecule has 1 saturated heterocycles. The minimum atomic E-state index is -3.25. The van der Waals surface area contributed by atoms with Gasteiger partial charge < -0.3 is 31.6 Å². The van der Waals surface area contributed by atoms with Crippen molar-refractivity contribution in [1.29, 1.82) is 0 Å². The number of carbonyl (C=O) groups excluding carboxylic acids is 3. The monoisotopic (exact) mass is 814 g/mol. The van der Waals surface area contributed by atoms with Crippen molar-refractivity contribution >= 4 is 64.4 Å². The predicted octanol–water partition coefficient (Wildman–Crippen LogP) is 4.13. The van der Waals surface area contributed by atoms with Gasteiger partial charge in [0.15, 0.2) is 6.10 Å². The van der Waals surface area contributed by atoms with E-state index in [1.165, 1.54) is 42.4 Å². The smallest absolute Gasteiger partial charge is 0.767 e. The molecule has 5 aromatic rings. The molecule has 14 heteroatoms. The van der Waals surface area contributed by atoms with E-state index in [0.29, 0.717) is 11.3 Å². The summed E-state index contributed by atoms with van der Waals surface area (Å²) < 4.78 is 13.3. The molecular formula is C37H32AgN4O7PS. The maximum absolute atomic E-state index is 14.8. The molecule has 264 valence electrons. The van der Waals surface area contributed by atoms with Crippen LogP contribution in [0.2, 0.25) is 0 Å². The number of imidazole rings is 1. The minimum Gasteiger partial charge on any atom is -0.767 e. The largest absolute Gasteiger partial charge is 1.00 e. The van der Waals surface area contributed by atoms with Crippen LogP contribution in [0.1, 0.15) is 24.3 Å². The second kappa shape index (κ2) is 16.1. The number of nitro benzene ring substituents is 1. The molecule has 0 bridgehead atoms. The molecule has 1 aliphatic rings. The Kier molecular flexibility index (Phi) is 11.9. The molecule has 0 N–H and O–H groups in total. The summed E-state index contributed by atoms with van der Waals surface area (Å²) in [6.07, 6.45) is 2.11. The number of hydrogen-bond donors (Lipinski definition) is 0. The third kappa shape index (κ3) is 7.37. The standard InChI is InChI=1S/C37H33N4O7PS.Ag/c1-25(42)48-33(31-22-39(2)24-38-31)32-34(43)40(36(32)50)35(37(44)47-23-26-18-20-27(21-19-26)41(45)46)49(28-12-6-3-7-13-28,29-14-8-4-9-15-29)30-16-10-5-11-17-30;/h3-22,24,32-33,36,50H,23H2,1-2H3;/q;+1/p-1. The summed E-state index contributed by atoms with van der Waals surface area (Å²) in [5, 5.41) is 12.5. The number of carbonyl (C=O) groups is 3. The fourth-order valence-corrected chi connectivity index (χ4v) is 11.1. The molecule has 51 heavy (non-hydrogen) atoms. The number of non-ortho nitro benzene ring substituents is 1. The number of rotatable bonds is 11. The third-order valence-electron chi connectivity index (χ3n) is 8.40. The number of esters is 2. The summed E-state index contributed by atoms with van der Waals surface area (Å²) in [4.78, 5) is 58.1. The van der Waals surface area contributed by atoms with E-state index >= 15 is 0 Å². The van der Waals surface area contributed by atoms with Gasteiger partial charge in [0.25, 0.3) is 5.69 Å². The van der Waals surface area contributed by atoms with Crippen molar-refractivity contribution in [2.75, 3.05) is 0 Å². The number of ether oxygens (including phenoxy) is 2. The summed E-state index contributed by atoms with van der Waals surface area (Å²) in [7, 11) is 1.76. The summed E-state index contributed by atoms with van der Waals surface area (Å²) in [6, 6.07) is 34.1. The first-order valence-electron chi connectivity index (χ1n) is 15.6. The summed E-state index contributed by atoms with van der Waals surface area (Å²) in [5.41, 5.74) is 0.829. The van der Waals surface area contributed by atoms with Gasteiger partial charge in [0, 0.05) is 39.2 Å². The summed E-state index contributed by atoms with van der Waals surface area (Å²) in [5.74, 6) is -2.93. The number of β-lactam (4-membered cyclic amide) rings is 1. The molecular weight excluding hydrogens is 783 g/mol. The number of likely N-dealkylation sites (tertiary alicyclic amines) is 1. The van der Waals surface area contributed by atoms with E-state index in [-0.39, 0.29) is 40.1 Å². The van der Waals surface area contributed by atoms with Gasteiger partial charge in [0.1, 0.15) is 12.0 Å². The van der Waals surface area contributed by atoms with Gasteiger partial charge in [-0.15, -0.1) is 0 Å². The third-order valence-corrected chi connectivity index (χ3v) is 13.2. The van der Waals surface area contributed by atoms with Gasteiger partial charge in [0.2, 0.25) is 5.91 Å². The van der Waals surface area contributed by atoms with Crippen molar-refractivity contribution in [2.24, 2.45) is 13.0 Å². The molecule has 3 unspecified atom stereocenters. The Bertz CT molecular complexity index is 1990. The quantitative estimate of drug-likeness (QED) is 0.0367. The van der Waals surface area contributed by atoms with Crippen molar-refractivity contribution in [2.45, 2.75) is 25.0 Å². The van der Waals surface area contributed by atoms with E-state index in [1.54, 1.807) is 17.8 Å². The molecule has 1 fully saturated rings. The van der Waals surface area contributed by atoms with Crippen LogP contribution in [0.15, 0.2) is 128 Å². The Morgan fingerprint density at radius 1 is 0.902 bits per heavy atom. The van der Waals surface area contributed by atoms with Crippen LogP contribution in [-0.2, 0) is 72.5 Å². The minimum absolute atomic E-state index is 0. The fourth-order valence-electron chi connectivity index (χ4n) is 6.16. The first-order chi connectivity index (χ1) is 24.1. The zero-order valence-electron chi connectivity index (χ0n) is 27.4. The summed E-state index contributed by atoms with van der Waals surface area (Å²) >= 11 is 6.06. The van der Waals surface area contributed by atoms with Gasteiger partial charge in [-0.3, -0.25) is 19.7 Å². The summed E-state index contributed by atoms with van der Waals surface area (Å²) in [6.45, 7) is -2.22. The molecule has 2 heterocycles. The van der Waals surface area contributed by atoms with Gasteiger partial charge in [-0.1, -0.05) is 96.4 Å². The van der Waals surface area contributed by atoms with Crippen molar-refractivity contribution < 1.29 is 51.2 Å². The average molecular weight is 816 g/mol. The zero-order valence-corrected chi connectivity index (χ0v) is 30.6. The van der Waals surface area contributed by atoms with Crippen molar-refractivity contribution in [3.63, 3.8) is 0 Å². The number of nitro groups is 1. The molecule has 1 aliphatic heterocycles. The van der Waals surface area contributed by atoms with Crippen LogP contribution in [0.4, 0.5) is 5.69 Å². The molecule has 0 aliphatic carbocycles. The second-order valence-corrected chi connectivity index (χ2v) is 15.4. The molecule has 1 aromatic heterocycles. The van der Waals surface area contributed by atoms with E-state index < -0.39 is 47.1 Å². The number of amides is 1. The van der Waals surface area contributed by atoms with Crippen molar-refractivity contribution in [3.8, 4) is 0 Å². The van der Waals surface area contributed by atoms with E-state index in [9.17, 15) is 24.5 Å². The van der Waals surface area contributed by atoms with Crippen LogP contribution in [0.25, 0.3) is 0 Å². The number of hydrogen-bond acceptors (Lipinski definition) is 9. The van der Waals surface area contributed by atoms with Crippen LogP contribution < -0.4 is 15.9 Å². The molecule has 0 spiro atoms. The number of aromatic nitrogens is 2. The Morgan fingerprint density at radius 2 is 1.41 bits per heavy atom. The Labute approximate surface area is 315 Å². The first-order valence-corrected chi connectivity index (χ1v) is 17.9. The van der Waals surface area contributed by atoms with Gasteiger partial charge in [0.05, 0.1) is 22.9 Å². The first kappa shape index (κ1) is 37.5. The van der Waals surface area contributed by atoms with Crippen LogP contribution in [0.5, 0.6) is 0 Å². The SMILES string of the molecule is CC(=O)OC(c1cn(C)cn1)C1C(=O)N(C(C(=O)OCc2ccc([N+](=O)[O-])cc2)=P(c2ccccc2)(c2ccccc2)c2ccccc2)C1[S-].[Ag+]. The maximum atomic E-state index is 14.8. The molecule has 0 radical (unpaired) electrons. The van der Waals surface area contributed by atoms with E-state index in [1.807, 2.05) is 91.0 Å². The molecule has 3 atom stereocenters. The van der Waals surface area contributed by atoms with E-state index in [2.05, 4.69) is 4.98 Å².